The number of hydrogen-bond donors (Lipinski definition) is 0. The third-order valence-corrected chi connectivity index (χ3v) is 2.14. The van der Waals surface area contributed by atoms with Crippen LogP contribution in [0, 0.1) is 5.82 Å². The van der Waals surface area contributed by atoms with Crippen LogP contribution < -0.4 is 4.90 Å². The molecule has 0 amide bonds. The van der Waals surface area contributed by atoms with Crippen molar-refractivity contribution in [1.29, 1.82) is 0 Å². The van der Waals surface area contributed by atoms with Crippen molar-refractivity contribution in [2.45, 2.75) is 6.42 Å². The Bertz CT molecular complexity index is 302. The Kier molecular flexibility index (Phi) is 1.61. The molecule has 0 spiro atoms. The fourth-order valence-electron chi connectivity index (χ4n) is 1.31. The minimum Gasteiger partial charge on any atom is -0.345 e. The van der Waals surface area contributed by atoms with E-state index in [1.165, 1.54) is 12.1 Å². The monoisotopic (exact) mass is 162 g/mol. The minimum absolute atomic E-state index is 0.190. The SMILES string of the molecule is C=C1CCN1c1ccc([18F])cc1. The molecule has 0 unspecified atom stereocenters. The van der Waals surface area contributed by atoms with Gasteiger partial charge in [-0.05, 0) is 24.3 Å². The molecule has 1 saturated heterocycles. The maximum atomic E-state index is 12.5. The Morgan fingerprint density at radius 2 is 1.92 bits per heavy atom. The van der Waals surface area contributed by atoms with E-state index >= 15 is 0 Å². The Morgan fingerprint density at radius 3 is 2.33 bits per heavy atom. The zero-order chi connectivity index (χ0) is 8.55. The van der Waals surface area contributed by atoms with Crippen molar-refractivity contribution in [1.82, 2.24) is 0 Å². The second kappa shape index (κ2) is 2.63. The van der Waals surface area contributed by atoms with E-state index in [1.54, 1.807) is 12.1 Å². The van der Waals surface area contributed by atoms with E-state index < -0.39 is 0 Å². The number of rotatable bonds is 1. The lowest BCUT2D eigenvalue weighted by atomic mass is 10.1. The van der Waals surface area contributed by atoms with Gasteiger partial charge in [0.15, 0.2) is 0 Å². The van der Waals surface area contributed by atoms with Gasteiger partial charge in [-0.25, -0.2) is 4.39 Å². The molecule has 0 N–H and O–H groups in total. The van der Waals surface area contributed by atoms with E-state index in [9.17, 15) is 4.39 Å². The van der Waals surface area contributed by atoms with Crippen LogP contribution >= 0.6 is 0 Å². The fraction of sp³-hybridized carbons (Fsp3) is 0.200. The van der Waals surface area contributed by atoms with Crippen molar-refractivity contribution in [3.05, 3.63) is 42.4 Å². The first-order valence-corrected chi connectivity index (χ1v) is 3.98. The topological polar surface area (TPSA) is 3.24 Å². The molecule has 1 fully saturated rings. The quantitative estimate of drug-likeness (QED) is 0.613. The van der Waals surface area contributed by atoms with Gasteiger partial charge in [0.25, 0.3) is 0 Å². The van der Waals surface area contributed by atoms with Crippen LogP contribution in [0.15, 0.2) is 36.5 Å². The van der Waals surface area contributed by atoms with Crippen LogP contribution in [-0.4, -0.2) is 6.54 Å². The Balaban J connectivity index is 2.23. The van der Waals surface area contributed by atoms with Gasteiger partial charge in [-0.1, -0.05) is 6.58 Å². The third-order valence-electron chi connectivity index (χ3n) is 2.14. The van der Waals surface area contributed by atoms with Crippen molar-refractivity contribution in [3.8, 4) is 0 Å². The summed E-state index contributed by atoms with van der Waals surface area (Å²) in [5.41, 5.74) is 2.15. The fourth-order valence-corrected chi connectivity index (χ4v) is 1.31. The molecule has 1 nitrogen and oxygen atoms in total. The number of anilines is 1. The highest BCUT2D eigenvalue weighted by atomic mass is 18.2. The van der Waals surface area contributed by atoms with Gasteiger partial charge in [0.2, 0.25) is 0 Å². The molecular formula is C10H10FN. The lowest BCUT2D eigenvalue weighted by Crippen LogP contribution is -2.33. The van der Waals surface area contributed by atoms with E-state index in [2.05, 4.69) is 11.5 Å². The van der Waals surface area contributed by atoms with Crippen molar-refractivity contribution >= 4 is 5.69 Å². The molecule has 0 atom stereocenters. The molecule has 62 valence electrons. The van der Waals surface area contributed by atoms with Crippen LogP contribution in [0.25, 0.3) is 0 Å². The number of nitrogens with zero attached hydrogens (tertiary/aromatic N) is 1. The second-order valence-electron chi connectivity index (χ2n) is 2.94. The Morgan fingerprint density at radius 1 is 1.25 bits per heavy atom. The predicted molar refractivity (Wildman–Crippen MR) is 47.5 cm³/mol. The molecule has 1 aliphatic rings. The van der Waals surface area contributed by atoms with Crippen molar-refractivity contribution in [3.63, 3.8) is 0 Å². The summed E-state index contributed by atoms with van der Waals surface area (Å²) in [4.78, 5) is 2.08. The standard InChI is InChI=1S/C10H10FN/c1-8-6-7-12(8)10-4-2-9(11)3-5-10/h2-5H,1,6-7H2/i11-1. The minimum atomic E-state index is -0.190. The molecule has 0 aromatic heterocycles. The first kappa shape index (κ1) is 7.35. The Labute approximate surface area is 71.1 Å². The van der Waals surface area contributed by atoms with Gasteiger partial charge in [-0.2, -0.15) is 0 Å². The zero-order valence-corrected chi connectivity index (χ0v) is 6.76. The first-order chi connectivity index (χ1) is 5.77. The lowest BCUT2D eigenvalue weighted by Gasteiger charge is -2.35. The van der Waals surface area contributed by atoms with Crippen LogP contribution in [0.3, 0.4) is 0 Å². The molecule has 2 rings (SSSR count). The van der Waals surface area contributed by atoms with Crippen LogP contribution in [-0.2, 0) is 0 Å². The van der Waals surface area contributed by atoms with Gasteiger partial charge in [0.1, 0.15) is 5.82 Å². The summed E-state index contributed by atoms with van der Waals surface area (Å²) in [5, 5.41) is 0. The molecule has 12 heavy (non-hydrogen) atoms. The molecule has 0 aliphatic carbocycles. The van der Waals surface area contributed by atoms with Gasteiger partial charge in [0, 0.05) is 24.4 Å². The smallest absolute Gasteiger partial charge is 0.123 e. The number of halogens is 1. The van der Waals surface area contributed by atoms with Crippen LogP contribution in [0.2, 0.25) is 0 Å². The number of benzene rings is 1. The van der Waals surface area contributed by atoms with Crippen molar-refractivity contribution < 1.29 is 4.39 Å². The summed E-state index contributed by atoms with van der Waals surface area (Å²) >= 11 is 0. The molecule has 1 heterocycles. The van der Waals surface area contributed by atoms with E-state index in [1.807, 2.05) is 0 Å². The summed E-state index contributed by atoms with van der Waals surface area (Å²) in [7, 11) is 0. The first-order valence-electron chi connectivity index (χ1n) is 3.98. The van der Waals surface area contributed by atoms with Crippen LogP contribution in [0.5, 0.6) is 0 Å². The summed E-state index contributed by atoms with van der Waals surface area (Å²) in [5.74, 6) is -0.190. The average Bonchev–Trinajstić information content (AvgIpc) is 2.06. The maximum Gasteiger partial charge on any atom is 0.123 e. The van der Waals surface area contributed by atoms with Gasteiger partial charge in [-0.3, -0.25) is 0 Å². The molecule has 0 radical (unpaired) electrons. The molecule has 0 bridgehead atoms. The summed E-state index contributed by atoms with van der Waals surface area (Å²) in [6, 6.07) is 6.50. The largest absolute Gasteiger partial charge is 0.345 e. The number of hydrogen-bond acceptors (Lipinski definition) is 1. The van der Waals surface area contributed by atoms with Gasteiger partial charge in [-0.15, -0.1) is 0 Å². The molecule has 0 saturated carbocycles. The second-order valence-corrected chi connectivity index (χ2v) is 2.94. The highest BCUT2D eigenvalue weighted by molar-refractivity contribution is 5.55. The summed E-state index contributed by atoms with van der Waals surface area (Å²) in [6.07, 6.45) is 1.05. The lowest BCUT2D eigenvalue weighted by molar-refractivity contribution is 0.627. The highest BCUT2D eigenvalue weighted by Crippen LogP contribution is 2.27. The summed E-state index contributed by atoms with van der Waals surface area (Å²) in [6.45, 7) is 4.88. The van der Waals surface area contributed by atoms with E-state index in [-0.39, 0.29) is 5.82 Å². The zero-order valence-electron chi connectivity index (χ0n) is 6.76. The van der Waals surface area contributed by atoms with Crippen LogP contribution in [0.4, 0.5) is 10.1 Å². The van der Waals surface area contributed by atoms with Gasteiger partial charge >= 0.3 is 0 Å². The molecular weight excluding hydrogens is 152 g/mol. The van der Waals surface area contributed by atoms with Gasteiger partial charge < -0.3 is 4.90 Å². The molecule has 1 aliphatic heterocycles. The highest BCUT2D eigenvalue weighted by Gasteiger charge is 2.18. The van der Waals surface area contributed by atoms with Crippen molar-refractivity contribution in [2.75, 3.05) is 11.4 Å². The average molecular weight is 162 g/mol. The predicted octanol–water partition coefficient (Wildman–Crippen LogP) is 2.55. The van der Waals surface area contributed by atoms with Gasteiger partial charge in [0.05, 0.1) is 0 Å². The molecule has 1 aromatic carbocycles. The van der Waals surface area contributed by atoms with Crippen LogP contribution in [0.1, 0.15) is 6.42 Å². The maximum absolute atomic E-state index is 12.5. The molecule has 1 aromatic rings. The molecule has 2 heteroatoms. The Hall–Kier alpha value is -1.31. The van der Waals surface area contributed by atoms with Crippen molar-refractivity contribution in [2.24, 2.45) is 0 Å². The third kappa shape index (κ3) is 1.09. The summed E-state index contributed by atoms with van der Waals surface area (Å²) < 4.78 is 12.5. The van der Waals surface area contributed by atoms with E-state index in [4.69, 9.17) is 0 Å². The van der Waals surface area contributed by atoms with E-state index in [0.29, 0.717) is 0 Å². The normalized spacial score (nSPS) is 16.1. The van der Waals surface area contributed by atoms with E-state index in [0.717, 1.165) is 24.4 Å².